The molecule has 0 aliphatic heterocycles. The van der Waals surface area contributed by atoms with E-state index in [1.807, 2.05) is 0 Å². The lowest BCUT2D eigenvalue weighted by Crippen LogP contribution is -2.25. The number of imidazole rings is 1. The highest BCUT2D eigenvalue weighted by atomic mass is 16.3. The van der Waals surface area contributed by atoms with Crippen LogP contribution in [0.25, 0.3) is 0 Å². The summed E-state index contributed by atoms with van der Waals surface area (Å²) >= 11 is 0. The van der Waals surface area contributed by atoms with Crippen molar-refractivity contribution in [2.45, 2.75) is 38.6 Å². The maximum absolute atomic E-state index is 11.9. The van der Waals surface area contributed by atoms with Gasteiger partial charge in [-0.2, -0.15) is 0 Å². The monoisotopic (exact) mass is 284 g/mol. The molecule has 7 nitrogen and oxygen atoms in total. The van der Waals surface area contributed by atoms with Crippen LogP contribution in [0.1, 0.15) is 42.6 Å². The summed E-state index contributed by atoms with van der Waals surface area (Å²) in [5.41, 5.74) is 6.13. The predicted octanol–water partition coefficient (Wildman–Crippen LogP) is 0.130. The molecule has 1 amide bonds. The summed E-state index contributed by atoms with van der Waals surface area (Å²) in [6.07, 6.45) is 5.49. The van der Waals surface area contributed by atoms with Crippen molar-refractivity contribution in [3.8, 4) is 0 Å². The number of nitrogens with two attached hydrogens (primary N) is 1. The first kappa shape index (κ1) is 16.5. The van der Waals surface area contributed by atoms with Crippen LogP contribution < -0.4 is 11.1 Å². The van der Waals surface area contributed by atoms with E-state index >= 15 is 0 Å². The van der Waals surface area contributed by atoms with Gasteiger partial charge in [0.15, 0.2) is 5.69 Å². The van der Waals surface area contributed by atoms with Crippen molar-refractivity contribution in [2.24, 2.45) is 0 Å². The number of rotatable bonds is 10. The SMILES string of the molecule is Nc1c(C(=O)NCCCCCO)ncn1CCCCO. The van der Waals surface area contributed by atoms with Gasteiger partial charge in [-0.1, -0.05) is 0 Å². The molecular formula is C13H24N4O3. The van der Waals surface area contributed by atoms with Crippen molar-refractivity contribution in [3.05, 3.63) is 12.0 Å². The maximum Gasteiger partial charge on any atom is 0.273 e. The van der Waals surface area contributed by atoms with Gasteiger partial charge in [0, 0.05) is 26.3 Å². The maximum atomic E-state index is 11.9. The summed E-state index contributed by atoms with van der Waals surface area (Å²) in [5.74, 6) is 0.0863. The zero-order valence-corrected chi connectivity index (χ0v) is 11.7. The molecule has 20 heavy (non-hydrogen) atoms. The molecule has 0 aromatic carbocycles. The minimum Gasteiger partial charge on any atom is -0.396 e. The molecule has 0 radical (unpaired) electrons. The Morgan fingerprint density at radius 1 is 1.20 bits per heavy atom. The number of hydrogen-bond acceptors (Lipinski definition) is 5. The van der Waals surface area contributed by atoms with Crippen molar-refractivity contribution in [3.63, 3.8) is 0 Å². The van der Waals surface area contributed by atoms with Gasteiger partial charge in [-0.3, -0.25) is 4.79 Å². The number of nitrogen functional groups attached to an aromatic ring is 1. The molecule has 114 valence electrons. The Labute approximate surface area is 118 Å². The lowest BCUT2D eigenvalue weighted by molar-refractivity contribution is 0.0949. The lowest BCUT2D eigenvalue weighted by atomic mass is 10.2. The molecule has 0 spiro atoms. The second kappa shape index (κ2) is 9.33. The Balaban J connectivity index is 2.40. The summed E-state index contributed by atoms with van der Waals surface area (Å²) in [6, 6.07) is 0. The molecule has 7 heteroatoms. The van der Waals surface area contributed by atoms with Gasteiger partial charge in [-0.05, 0) is 32.1 Å². The van der Waals surface area contributed by atoms with Crippen molar-refractivity contribution >= 4 is 11.7 Å². The molecule has 0 atom stereocenters. The number of amides is 1. The Hall–Kier alpha value is -1.60. The fourth-order valence-corrected chi connectivity index (χ4v) is 1.84. The number of aryl methyl sites for hydroxylation is 1. The van der Waals surface area contributed by atoms with E-state index < -0.39 is 0 Å². The fraction of sp³-hybridized carbons (Fsp3) is 0.692. The lowest BCUT2D eigenvalue weighted by Gasteiger charge is -2.06. The smallest absolute Gasteiger partial charge is 0.273 e. The normalized spacial score (nSPS) is 10.7. The van der Waals surface area contributed by atoms with Crippen LogP contribution in [0.4, 0.5) is 5.82 Å². The van der Waals surface area contributed by atoms with Crippen LogP contribution in [0.5, 0.6) is 0 Å². The molecule has 0 aliphatic carbocycles. The summed E-state index contributed by atoms with van der Waals surface area (Å²) in [6.45, 7) is 1.52. The summed E-state index contributed by atoms with van der Waals surface area (Å²) in [5, 5.41) is 20.1. The number of nitrogens with one attached hydrogen (secondary N) is 1. The van der Waals surface area contributed by atoms with Gasteiger partial charge < -0.3 is 25.8 Å². The molecule has 5 N–H and O–H groups in total. The molecule has 1 aromatic heterocycles. The number of carbonyl (C=O) groups excluding carboxylic acids is 1. The van der Waals surface area contributed by atoms with E-state index in [0.717, 1.165) is 25.7 Å². The second-order valence-corrected chi connectivity index (χ2v) is 4.64. The van der Waals surface area contributed by atoms with E-state index in [-0.39, 0.29) is 24.8 Å². The first-order chi connectivity index (χ1) is 9.70. The van der Waals surface area contributed by atoms with Crippen molar-refractivity contribution < 1.29 is 15.0 Å². The van der Waals surface area contributed by atoms with Crippen LogP contribution in [-0.2, 0) is 6.54 Å². The minimum absolute atomic E-state index is 0.149. The van der Waals surface area contributed by atoms with E-state index in [0.29, 0.717) is 25.3 Å². The third-order valence-corrected chi connectivity index (χ3v) is 3.02. The number of carbonyl (C=O) groups is 1. The van der Waals surface area contributed by atoms with Gasteiger partial charge in [0.25, 0.3) is 5.91 Å². The first-order valence-corrected chi connectivity index (χ1v) is 7.01. The number of aliphatic hydroxyl groups excluding tert-OH is 2. The molecular weight excluding hydrogens is 260 g/mol. The number of aromatic nitrogens is 2. The van der Waals surface area contributed by atoms with E-state index in [4.69, 9.17) is 15.9 Å². The Bertz CT molecular complexity index is 406. The summed E-state index contributed by atoms with van der Waals surface area (Å²) in [7, 11) is 0. The fourth-order valence-electron chi connectivity index (χ4n) is 1.84. The highest BCUT2D eigenvalue weighted by Crippen LogP contribution is 2.11. The molecule has 0 bridgehead atoms. The first-order valence-electron chi connectivity index (χ1n) is 7.01. The Kier molecular flexibility index (Phi) is 7.67. The average molecular weight is 284 g/mol. The molecule has 0 saturated carbocycles. The molecule has 1 aromatic rings. The topological polar surface area (TPSA) is 113 Å². The zero-order valence-electron chi connectivity index (χ0n) is 11.7. The molecule has 0 saturated heterocycles. The van der Waals surface area contributed by atoms with Crippen molar-refractivity contribution in [1.29, 1.82) is 0 Å². The molecule has 0 unspecified atom stereocenters. The molecule has 0 aliphatic rings. The van der Waals surface area contributed by atoms with Gasteiger partial charge in [0.1, 0.15) is 5.82 Å². The number of anilines is 1. The van der Waals surface area contributed by atoms with Gasteiger partial charge >= 0.3 is 0 Å². The molecule has 1 heterocycles. The predicted molar refractivity (Wildman–Crippen MR) is 76.2 cm³/mol. The molecule has 0 fully saturated rings. The number of hydrogen-bond donors (Lipinski definition) is 4. The van der Waals surface area contributed by atoms with Crippen LogP contribution in [0.2, 0.25) is 0 Å². The standard InChI is InChI=1S/C13H24N4O3/c14-12-11(13(20)15-6-2-1-4-8-18)16-10-17(12)7-3-5-9-19/h10,18-19H,1-9,14H2,(H,15,20). The number of aliphatic hydroxyl groups is 2. The summed E-state index contributed by atoms with van der Waals surface area (Å²) < 4.78 is 1.72. The summed E-state index contributed by atoms with van der Waals surface area (Å²) in [4.78, 5) is 15.9. The Morgan fingerprint density at radius 3 is 2.60 bits per heavy atom. The van der Waals surface area contributed by atoms with Crippen LogP contribution in [0.15, 0.2) is 6.33 Å². The minimum atomic E-state index is -0.271. The highest BCUT2D eigenvalue weighted by molar-refractivity contribution is 5.96. The van der Waals surface area contributed by atoms with Gasteiger partial charge in [0.05, 0.1) is 6.33 Å². The number of nitrogens with zero attached hydrogens (tertiary/aromatic N) is 2. The van der Waals surface area contributed by atoms with Crippen LogP contribution >= 0.6 is 0 Å². The Morgan fingerprint density at radius 2 is 1.90 bits per heavy atom. The van der Waals surface area contributed by atoms with Crippen molar-refractivity contribution in [2.75, 3.05) is 25.5 Å². The van der Waals surface area contributed by atoms with Crippen LogP contribution in [-0.4, -0.2) is 45.4 Å². The van der Waals surface area contributed by atoms with E-state index in [2.05, 4.69) is 10.3 Å². The average Bonchev–Trinajstić information content (AvgIpc) is 2.80. The van der Waals surface area contributed by atoms with Gasteiger partial charge in [-0.15, -0.1) is 0 Å². The van der Waals surface area contributed by atoms with Gasteiger partial charge in [-0.25, -0.2) is 4.98 Å². The van der Waals surface area contributed by atoms with E-state index in [9.17, 15) is 4.79 Å². The zero-order chi connectivity index (χ0) is 14.8. The second-order valence-electron chi connectivity index (χ2n) is 4.64. The number of unbranched alkanes of at least 4 members (excludes halogenated alkanes) is 3. The third-order valence-electron chi connectivity index (χ3n) is 3.02. The largest absolute Gasteiger partial charge is 0.396 e. The highest BCUT2D eigenvalue weighted by Gasteiger charge is 2.14. The quantitative estimate of drug-likeness (QED) is 0.456. The van der Waals surface area contributed by atoms with E-state index in [1.54, 1.807) is 10.9 Å². The third kappa shape index (κ3) is 5.18. The molecule has 1 rings (SSSR count). The van der Waals surface area contributed by atoms with Gasteiger partial charge in [0.2, 0.25) is 0 Å². The van der Waals surface area contributed by atoms with Crippen molar-refractivity contribution in [1.82, 2.24) is 14.9 Å². The van der Waals surface area contributed by atoms with Crippen LogP contribution in [0.3, 0.4) is 0 Å². The van der Waals surface area contributed by atoms with Crippen LogP contribution in [0, 0.1) is 0 Å². The van der Waals surface area contributed by atoms with E-state index in [1.165, 1.54) is 0 Å².